The van der Waals surface area contributed by atoms with E-state index >= 15 is 0 Å². The minimum Gasteiger partial charge on any atom is -0.493 e. The molecule has 1 aromatic carbocycles. The summed E-state index contributed by atoms with van der Waals surface area (Å²) < 4.78 is 15.8. The fraction of sp³-hybridized carbons (Fsp3) is 0.200. The van der Waals surface area contributed by atoms with Crippen molar-refractivity contribution in [2.24, 2.45) is 0 Å². The molecule has 0 radical (unpaired) electrons. The zero-order valence-electron chi connectivity index (χ0n) is 11.7. The Kier molecular flexibility index (Phi) is 4.61. The molecule has 1 heterocycles. The number of ether oxygens (including phenoxy) is 2. The Hall–Kier alpha value is -2.76. The van der Waals surface area contributed by atoms with E-state index in [2.05, 4.69) is 5.16 Å². The van der Waals surface area contributed by atoms with Gasteiger partial charge in [0.2, 0.25) is 0 Å². The number of carbonyl (C=O) groups is 1. The minimum absolute atomic E-state index is 0.262. The maximum Gasteiger partial charge on any atom is 0.328 e. The molecule has 0 aliphatic heterocycles. The van der Waals surface area contributed by atoms with Gasteiger partial charge in [-0.15, -0.1) is 0 Å². The Bertz CT molecular complexity index is 660. The lowest BCUT2D eigenvalue weighted by Crippen LogP contribution is -1.98. The van der Waals surface area contributed by atoms with Crippen molar-refractivity contribution in [1.29, 1.82) is 0 Å². The molecule has 0 saturated carbocycles. The van der Waals surface area contributed by atoms with E-state index in [1.54, 1.807) is 31.2 Å². The van der Waals surface area contributed by atoms with Gasteiger partial charge in [-0.1, -0.05) is 11.2 Å². The normalized spacial score (nSPS) is 10.8. The molecular weight excluding hydrogens is 274 g/mol. The molecule has 110 valence electrons. The molecule has 0 amide bonds. The van der Waals surface area contributed by atoms with Gasteiger partial charge in [0.15, 0.2) is 11.5 Å². The fourth-order valence-corrected chi connectivity index (χ4v) is 1.71. The zero-order chi connectivity index (χ0) is 15.2. The van der Waals surface area contributed by atoms with Crippen molar-refractivity contribution in [3.05, 3.63) is 47.4 Å². The average molecular weight is 289 g/mol. The minimum atomic E-state index is -1.00. The van der Waals surface area contributed by atoms with Gasteiger partial charge >= 0.3 is 5.97 Å². The van der Waals surface area contributed by atoms with Crippen LogP contribution >= 0.6 is 0 Å². The number of methoxy groups -OCH3 is 1. The van der Waals surface area contributed by atoms with Gasteiger partial charge in [-0.3, -0.25) is 0 Å². The van der Waals surface area contributed by atoms with Crippen LogP contribution in [0, 0.1) is 6.92 Å². The van der Waals surface area contributed by atoms with E-state index < -0.39 is 5.97 Å². The molecule has 0 fully saturated rings. The van der Waals surface area contributed by atoms with Crippen molar-refractivity contribution in [2.75, 3.05) is 7.11 Å². The van der Waals surface area contributed by atoms with Crippen molar-refractivity contribution in [2.45, 2.75) is 13.5 Å². The summed E-state index contributed by atoms with van der Waals surface area (Å²) in [5.74, 6) is 0.777. The Morgan fingerprint density at radius 1 is 1.38 bits per heavy atom. The third kappa shape index (κ3) is 4.10. The first-order valence-electron chi connectivity index (χ1n) is 6.22. The van der Waals surface area contributed by atoms with Gasteiger partial charge in [0.25, 0.3) is 0 Å². The maximum absolute atomic E-state index is 10.5. The molecule has 2 aromatic rings. The van der Waals surface area contributed by atoms with E-state index in [1.807, 2.05) is 0 Å². The zero-order valence-corrected chi connectivity index (χ0v) is 11.7. The molecule has 6 heteroatoms. The van der Waals surface area contributed by atoms with E-state index in [9.17, 15) is 4.79 Å². The number of aromatic nitrogens is 1. The van der Waals surface area contributed by atoms with E-state index in [-0.39, 0.29) is 6.61 Å². The van der Waals surface area contributed by atoms with E-state index in [0.29, 0.717) is 22.8 Å². The van der Waals surface area contributed by atoms with Gasteiger partial charge in [-0.2, -0.15) is 0 Å². The van der Waals surface area contributed by atoms with Crippen LogP contribution in [0.15, 0.2) is 34.9 Å². The molecule has 21 heavy (non-hydrogen) atoms. The lowest BCUT2D eigenvalue weighted by molar-refractivity contribution is -0.131. The molecule has 2 rings (SSSR count). The molecule has 0 atom stereocenters. The first-order chi connectivity index (χ1) is 10.1. The van der Waals surface area contributed by atoms with Crippen LogP contribution in [0.25, 0.3) is 6.08 Å². The molecule has 0 aliphatic carbocycles. The van der Waals surface area contributed by atoms with Crippen molar-refractivity contribution in [3.8, 4) is 11.5 Å². The SMILES string of the molecule is COc1cc(C=CC(=O)O)ccc1OCc1cc(C)on1. The lowest BCUT2D eigenvalue weighted by Gasteiger charge is -2.10. The Balaban J connectivity index is 2.10. The van der Waals surface area contributed by atoms with Crippen molar-refractivity contribution >= 4 is 12.0 Å². The number of rotatable bonds is 6. The van der Waals surface area contributed by atoms with E-state index in [1.165, 1.54) is 13.2 Å². The maximum atomic E-state index is 10.5. The smallest absolute Gasteiger partial charge is 0.328 e. The summed E-state index contributed by atoms with van der Waals surface area (Å²) in [6.07, 6.45) is 2.54. The summed E-state index contributed by atoms with van der Waals surface area (Å²) in [5.41, 5.74) is 1.39. The molecular formula is C15H15NO5. The number of carboxylic acids is 1. The van der Waals surface area contributed by atoms with Gasteiger partial charge in [0.1, 0.15) is 18.1 Å². The Morgan fingerprint density at radius 3 is 2.81 bits per heavy atom. The molecule has 0 unspecified atom stereocenters. The second kappa shape index (κ2) is 6.60. The number of carboxylic acid groups (broad SMARTS) is 1. The Labute approximate surface area is 121 Å². The fourth-order valence-electron chi connectivity index (χ4n) is 1.71. The summed E-state index contributed by atoms with van der Waals surface area (Å²) >= 11 is 0. The van der Waals surface area contributed by atoms with Crippen LogP contribution in [-0.4, -0.2) is 23.3 Å². The van der Waals surface area contributed by atoms with Crippen LogP contribution in [0.5, 0.6) is 11.5 Å². The molecule has 6 nitrogen and oxygen atoms in total. The largest absolute Gasteiger partial charge is 0.493 e. The van der Waals surface area contributed by atoms with Crippen molar-refractivity contribution in [1.82, 2.24) is 5.16 Å². The first kappa shape index (κ1) is 14.6. The van der Waals surface area contributed by atoms with E-state index in [0.717, 1.165) is 11.8 Å². The summed E-state index contributed by atoms with van der Waals surface area (Å²) in [4.78, 5) is 10.5. The third-order valence-corrected chi connectivity index (χ3v) is 2.66. The molecule has 0 saturated heterocycles. The second-order valence-corrected chi connectivity index (χ2v) is 4.30. The van der Waals surface area contributed by atoms with E-state index in [4.69, 9.17) is 19.1 Å². The van der Waals surface area contributed by atoms with Gasteiger partial charge in [-0.05, 0) is 30.7 Å². The second-order valence-electron chi connectivity index (χ2n) is 4.30. The van der Waals surface area contributed by atoms with Gasteiger partial charge in [0, 0.05) is 12.1 Å². The van der Waals surface area contributed by atoms with Gasteiger partial charge in [-0.25, -0.2) is 4.79 Å². The number of hydrogen-bond acceptors (Lipinski definition) is 5. The standard InChI is InChI=1S/C15H15NO5/c1-10-7-12(16-21-10)9-20-13-5-3-11(4-6-15(17)18)8-14(13)19-2/h3-8H,9H2,1-2H3,(H,17,18). The highest BCUT2D eigenvalue weighted by atomic mass is 16.5. The highest BCUT2D eigenvalue weighted by Crippen LogP contribution is 2.29. The summed E-state index contributed by atoms with van der Waals surface area (Å²) in [6.45, 7) is 2.07. The molecule has 1 aromatic heterocycles. The third-order valence-electron chi connectivity index (χ3n) is 2.66. The summed E-state index contributed by atoms with van der Waals surface area (Å²) in [6, 6.07) is 6.94. The number of nitrogens with zero attached hydrogens (tertiary/aromatic N) is 1. The Morgan fingerprint density at radius 2 is 2.19 bits per heavy atom. The number of aryl methyl sites for hydroxylation is 1. The topological polar surface area (TPSA) is 81.8 Å². The van der Waals surface area contributed by atoms with Crippen molar-refractivity contribution < 1.29 is 23.9 Å². The van der Waals surface area contributed by atoms with Crippen LogP contribution < -0.4 is 9.47 Å². The predicted molar refractivity (Wildman–Crippen MR) is 75.2 cm³/mol. The monoisotopic (exact) mass is 289 g/mol. The quantitative estimate of drug-likeness (QED) is 0.823. The highest BCUT2D eigenvalue weighted by molar-refractivity contribution is 5.85. The highest BCUT2D eigenvalue weighted by Gasteiger charge is 2.07. The molecule has 0 aliphatic rings. The van der Waals surface area contributed by atoms with Gasteiger partial charge in [0.05, 0.1) is 7.11 Å². The molecule has 0 bridgehead atoms. The van der Waals surface area contributed by atoms with Crippen LogP contribution in [0.4, 0.5) is 0 Å². The first-order valence-corrected chi connectivity index (χ1v) is 6.22. The van der Waals surface area contributed by atoms with Gasteiger partial charge < -0.3 is 19.1 Å². The summed E-state index contributed by atoms with van der Waals surface area (Å²) in [5, 5.41) is 12.4. The van der Waals surface area contributed by atoms with Crippen LogP contribution in [0.2, 0.25) is 0 Å². The van der Waals surface area contributed by atoms with Crippen LogP contribution in [0.1, 0.15) is 17.0 Å². The van der Waals surface area contributed by atoms with Crippen molar-refractivity contribution in [3.63, 3.8) is 0 Å². The number of aliphatic carboxylic acids is 1. The predicted octanol–water partition coefficient (Wildman–Crippen LogP) is 2.67. The van der Waals surface area contributed by atoms with Crippen LogP contribution in [-0.2, 0) is 11.4 Å². The van der Waals surface area contributed by atoms with Crippen LogP contribution in [0.3, 0.4) is 0 Å². The molecule has 0 spiro atoms. The summed E-state index contributed by atoms with van der Waals surface area (Å²) in [7, 11) is 1.52. The number of hydrogen-bond donors (Lipinski definition) is 1. The lowest BCUT2D eigenvalue weighted by atomic mass is 10.2. The number of benzene rings is 1. The molecule has 1 N–H and O–H groups in total. The average Bonchev–Trinajstić information content (AvgIpc) is 2.88.